The molecule has 2 aromatic carbocycles. The van der Waals surface area contributed by atoms with Crippen molar-refractivity contribution in [2.45, 2.75) is 20.8 Å². The van der Waals surface area contributed by atoms with Crippen LogP contribution in [-0.4, -0.2) is 15.3 Å². The third-order valence-corrected chi connectivity index (χ3v) is 3.97. The van der Waals surface area contributed by atoms with Crippen LogP contribution in [0.3, 0.4) is 0 Å². The van der Waals surface area contributed by atoms with Crippen molar-refractivity contribution < 1.29 is 9.52 Å². The molecule has 0 unspecified atom stereocenters. The standard InChI is InChI=1S/C19H17ClN2O2/c1-11-5-4-6-15(7-11)18-21-22-19(24-18)16(20)10-14-8-12(2)17(23)13(3)9-14/h4-10,23H,1-3H3/b16-10-. The molecular formula is C19H17ClN2O2. The molecule has 24 heavy (non-hydrogen) atoms. The topological polar surface area (TPSA) is 59.2 Å². The molecule has 0 spiro atoms. The van der Waals surface area contributed by atoms with Gasteiger partial charge in [-0.1, -0.05) is 29.3 Å². The third kappa shape index (κ3) is 3.34. The van der Waals surface area contributed by atoms with Crippen LogP contribution in [0.5, 0.6) is 5.75 Å². The van der Waals surface area contributed by atoms with Gasteiger partial charge in [0.1, 0.15) is 10.8 Å². The zero-order valence-electron chi connectivity index (χ0n) is 13.7. The number of nitrogens with zero attached hydrogens (tertiary/aromatic N) is 2. The van der Waals surface area contributed by atoms with Gasteiger partial charge in [-0.3, -0.25) is 0 Å². The number of rotatable bonds is 3. The van der Waals surface area contributed by atoms with Crippen molar-refractivity contribution in [3.05, 3.63) is 64.5 Å². The quantitative estimate of drug-likeness (QED) is 0.720. The van der Waals surface area contributed by atoms with Gasteiger partial charge in [-0.25, -0.2) is 0 Å². The predicted molar refractivity (Wildman–Crippen MR) is 95.8 cm³/mol. The summed E-state index contributed by atoms with van der Waals surface area (Å²) in [7, 11) is 0. The zero-order chi connectivity index (χ0) is 17.3. The lowest BCUT2D eigenvalue weighted by Crippen LogP contribution is -1.84. The Labute approximate surface area is 145 Å². The van der Waals surface area contributed by atoms with Crippen molar-refractivity contribution in [2.75, 3.05) is 0 Å². The van der Waals surface area contributed by atoms with Crippen LogP contribution in [0.1, 0.15) is 28.1 Å². The summed E-state index contributed by atoms with van der Waals surface area (Å²) in [5, 5.41) is 18.3. The second kappa shape index (κ2) is 6.49. The van der Waals surface area contributed by atoms with Crippen molar-refractivity contribution >= 4 is 22.7 Å². The maximum absolute atomic E-state index is 9.84. The Morgan fingerprint density at radius 3 is 2.46 bits per heavy atom. The van der Waals surface area contributed by atoms with Gasteiger partial charge in [0, 0.05) is 5.56 Å². The van der Waals surface area contributed by atoms with E-state index >= 15 is 0 Å². The minimum absolute atomic E-state index is 0.261. The van der Waals surface area contributed by atoms with Gasteiger partial charge >= 0.3 is 0 Å². The SMILES string of the molecule is Cc1cccc(-c2nnc(/C(Cl)=C/c3cc(C)c(O)c(C)c3)o2)c1. The molecule has 3 rings (SSSR count). The number of halogens is 1. The zero-order valence-corrected chi connectivity index (χ0v) is 14.4. The predicted octanol–water partition coefficient (Wildman–Crippen LogP) is 5.10. The number of benzene rings is 2. The van der Waals surface area contributed by atoms with Gasteiger partial charge in [0.15, 0.2) is 0 Å². The highest BCUT2D eigenvalue weighted by Crippen LogP contribution is 2.28. The molecule has 0 saturated heterocycles. The maximum atomic E-state index is 9.84. The third-order valence-electron chi connectivity index (χ3n) is 3.70. The number of phenols is 1. The maximum Gasteiger partial charge on any atom is 0.259 e. The average Bonchev–Trinajstić information content (AvgIpc) is 3.02. The van der Waals surface area contributed by atoms with Crippen molar-refractivity contribution in [2.24, 2.45) is 0 Å². The van der Waals surface area contributed by atoms with Gasteiger partial charge in [-0.15, -0.1) is 10.2 Å². The van der Waals surface area contributed by atoms with Crippen LogP contribution >= 0.6 is 11.6 Å². The van der Waals surface area contributed by atoms with Gasteiger partial charge in [0.2, 0.25) is 5.89 Å². The van der Waals surface area contributed by atoms with E-state index in [2.05, 4.69) is 10.2 Å². The molecule has 1 N–H and O–H groups in total. The van der Waals surface area contributed by atoms with Crippen molar-refractivity contribution in [1.82, 2.24) is 10.2 Å². The van der Waals surface area contributed by atoms with Crippen molar-refractivity contribution in [1.29, 1.82) is 0 Å². The summed E-state index contributed by atoms with van der Waals surface area (Å²) in [6.07, 6.45) is 1.74. The smallest absolute Gasteiger partial charge is 0.259 e. The van der Waals surface area contributed by atoms with Crippen LogP contribution in [0.25, 0.3) is 22.6 Å². The van der Waals surface area contributed by atoms with E-state index in [1.807, 2.05) is 57.2 Å². The van der Waals surface area contributed by atoms with E-state index in [1.54, 1.807) is 6.08 Å². The molecule has 0 saturated carbocycles. The average molecular weight is 341 g/mol. The molecule has 1 heterocycles. The van der Waals surface area contributed by atoms with E-state index in [9.17, 15) is 5.11 Å². The van der Waals surface area contributed by atoms with Crippen LogP contribution in [-0.2, 0) is 0 Å². The summed E-state index contributed by atoms with van der Waals surface area (Å²) in [6, 6.07) is 11.5. The molecule has 0 aliphatic heterocycles. The highest BCUT2D eigenvalue weighted by Gasteiger charge is 2.12. The van der Waals surface area contributed by atoms with Crippen molar-refractivity contribution in [3.8, 4) is 17.2 Å². The lowest BCUT2D eigenvalue weighted by atomic mass is 10.1. The summed E-state index contributed by atoms with van der Waals surface area (Å²) < 4.78 is 5.67. The molecule has 0 fully saturated rings. The molecule has 0 amide bonds. The molecule has 3 aromatic rings. The summed E-state index contributed by atoms with van der Waals surface area (Å²) in [4.78, 5) is 0. The van der Waals surface area contributed by atoms with E-state index in [0.29, 0.717) is 16.7 Å². The van der Waals surface area contributed by atoms with E-state index in [1.165, 1.54) is 0 Å². The number of aryl methyl sites for hydroxylation is 3. The number of phenolic OH excluding ortho intramolecular Hbond substituents is 1. The second-order valence-corrected chi connectivity index (χ2v) is 6.18. The Hall–Kier alpha value is -2.59. The summed E-state index contributed by atoms with van der Waals surface area (Å²) in [5.41, 5.74) is 4.41. The van der Waals surface area contributed by atoms with Gasteiger partial charge in [-0.2, -0.15) is 0 Å². The molecule has 0 aliphatic rings. The summed E-state index contributed by atoms with van der Waals surface area (Å²) in [6.45, 7) is 5.69. The van der Waals surface area contributed by atoms with Crippen LogP contribution in [0.4, 0.5) is 0 Å². The minimum Gasteiger partial charge on any atom is -0.507 e. The number of hydrogen-bond donors (Lipinski definition) is 1. The van der Waals surface area contributed by atoms with Gasteiger partial charge in [0.05, 0.1) is 0 Å². The molecule has 5 heteroatoms. The normalized spacial score (nSPS) is 11.8. The highest BCUT2D eigenvalue weighted by atomic mass is 35.5. The minimum atomic E-state index is 0.261. The largest absolute Gasteiger partial charge is 0.507 e. The van der Waals surface area contributed by atoms with E-state index in [4.69, 9.17) is 16.0 Å². The molecular weight excluding hydrogens is 324 g/mol. The first-order chi connectivity index (χ1) is 11.4. The van der Waals surface area contributed by atoms with Gasteiger partial charge < -0.3 is 9.52 Å². The van der Waals surface area contributed by atoms with E-state index in [0.717, 1.165) is 27.8 Å². The van der Waals surface area contributed by atoms with Crippen LogP contribution in [0.15, 0.2) is 40.8 Å². The van der Waals surface area contributed by atoms with Crippen LogP contribution in [0.2, 0.25) is 0 Å². The number of hydrogen-bond acceptors (Lipinski definition) is 4. The number of aromatic nitrogens is 2. The molecule has 1 aromatic heterocycles. The lowest BCUT2D eigenvalue weighted by molar-refractivity contribution is 0.467. The van der Waals surface area contributed by atoms with Gasteiger partial charge in [0.25, 0.3) is 5.89 Å². The van der Waals surface area contributed by atoms with Crippen molar-refractivity contribution in [3.63, 3.8) is 0 Å². The Bertz CT molecular complexity index is 906. The fourth-order valence-electron chi connectivity index (χ4n) is 2.50. The molecule has 0 radical (unpaired) electrons. The molecule has 122 valence electrons. The lowest BCUT2D eigenvalue weighted by Gasteiger charge is -2.05. The molecule has 0 atom stereocenters. The summed E-state index contributed by atoms with van der Waals surface area (Å²) >= 11 is 6.32. The fraction of sp³-hybridized carbons (Fsp3) is 0.158. The first kappa shape index (κ1) is 16.3. The Morgan fingerprint density at radius 2 is 1.79 bits per heavy atom. The molecule has 0 bridgehead atoms. The first-order valence-corrected chi connectivity index (χ1v) is 7.90. The Kier molecular flexibility index (Phi) is 4.40. The fourth-order valence-corrected chi connectivity index (χ4v) is 2.70. The van der Waals surface area contributed by atoms with Gasteiger partial charge in [-0.05, 0) is 67.8 Å². The first-order valence-electron chi connectivity index (χ1n) is 7.52. The van der Waals surface area contributed by atoms with E-state index in [-0.39, 0.29) is 5.89 Å². The molecule has 0 aliphatic carbocycles. The molecule has 4 nitrogen and oxygen atoms in total. The monoisotopic (exact) mass is 340 g/mol. The Balaban J connectivity index is 1.92. The number of aromatic hydroxyl groups is 1. The Morgan fingerprint density at radius 1 is 1.08 bits per heavy atom. The van der Waals surface area contributed by atoms with Crippen LogP contribution in [0, 0.1) is 20.8 Å². The van der Waals surface area contributed by atoms with E-state index < -0.39 is 0 Å². The highest BCUT2D eigenvalue weighted by molar-refractivity contribution is 6.50. The second-order valence-electron chi connectivity index (χ2n) is 5.78. The van der Waals surface area contributed by atoms with Crippen LogP contribution < -0.4 is 0 Å². The summed E-state index contributed by atoms with van der Waals surface area (Å²) in [5.74, 6) is 0.984.